The first-order chi connectivity index (χ1) is 11.4. The maximum Gasteiger partial charge on any atom is 0.289 e. The Bertz CT molecular complexity index is 851. The molecule has 2 aromatic carbocycles. The van der Waals surface area contributed by atoms with E-state index < -0.39 is 15.8 Å². The molecule has 0 saturated heterocycles. The molecule has 9 heteroatoms. The van der Waals surface area contributed by atoms with Gasteiger partial charge in [0.15, 0.2) is 0 Å². The van der Waals surface area contributed by atoms with E-state index in [1.165, 1.54) is 36.4 Å². The number of rotatable bonds is 5. The Balaban J connectivity index is 2.16. The third-order valence-electron chi connectivity index (χ3n) is 2.96. The summed E-state index contributed by atoms with van der Waals surface area (Å²) in [6.07, 6.45) is 2.39. The molecule has 0 aliphatic heterocycles. The summed E-state index contributed by atoms with van der Waals surface area (Å²) < 4.78 is 0. The van der Waals surface area contributed by atoms with Crippen LogP contribution in [-0.4, -0.2) is 15.8 Å². The molecule has 1 amide bonds. The molecule has 24 heavy (non-hydrogen) atoms. The zero-order valence-electron chi connectivity index (χ0n) is 12.0. The van der Waals surface area contributed by atoms with Crippen LogP contribution in [0.15, 0.2) is 48.5 Å². The summed E-state index contributed by atoms with van der Waals surface area (Å²) in [4.78, 5) is 32.3. The van der Waals surface area contributed by atoms with Crippen molar-refractivity contribution in [3.63, 3.8) is 0 Å². The molecule has 0 fully saturated rings. The van der Waals surface area contributed by atoms with Crippen LogP contribution in [0.2, 0.25) is 5.02 Å². The average molecular weight is 348 g/mol. The lowest BCUT2D eigenvalue weighted by Gasteiger charge is -2.03. The Morgan fingerprint density at radius 3 is 2.38 bits per heavy atom. The predicted octanol–water partition coefficient (Wildman–Crippen LogP) is 3.81. The maximum absolute atomic E-state index is 11.9. The summed E-state index contributed by atoms with van der Waals surface area (Å²) in [6.45, 7) is 0. The van der Waals surface area contributed by atoms with Gasteiger partial charge in [-0.25, -0.2) is 0 Å². The highest BCUT2D eigenvalue weighted by atomic mass is 35.5. The number of nitrogens with one attached hydrogen (secondary N) is 1. The molecule has 122 valence electrons. The first-order valence-corrected chi connectivity index (χ1v) is 6.92. The summed E-state index contributed by atoms with van der Waals surface area (Å²) in [7, 11) is 0. The third-order valence-corrected chi connectivity index (χ3v) is 3.28. The molecular weight excluding hydrogens is 338 g/mol. The topological polar surface area (TPSA) is 115 Å². The first kappa shape index (κ1) is 17.1. The van der Waals surface area contributed by atoms with Gasteiger partial charge in [-0.1, -0.05) is 23.7 Å². The molecule has 0 aromatic heterocycles. The predicted molar refractivity (Wildman–Crippen MR) is 88.9 cm³/mol. The minimum Gasteiger partial charge on any atom is -0.322 e. The fourth-order valence-corrected chi connectivity index (χ4v) is 2.06. The van der Waals surface area contributed by atoms with Crippen molar-refractivity contribution < 1.29 is 14.6 Å². The van der Waals surface area contributed by atoms with Crippen LogP contribution in [0.1, 0.15) is 5.56 Å². The number of halogens is 1. The highest BCUT2D eigenvalue weighted by Gasteiger charge is 2.14. The van der Waals surface area contributed by atoms with Gasteiger partial charge >= 0.3 is 0 Å². The highest BCUT2D eigenvalue weighted by Crippen LogP contribution is 2.27. The van der Waals surface area contributed by atoms with E-state index >= 15 is 0 Å². The van der Waals surface area contributed by atoms with Crippen LogP contribution in [0.4, 0.5) is 17.1 Å². The fraction of sp³-hybridized carbons (Fsp3) is 0. The molecule has 0 aliphatic carbocycles. The number of anilines is 1. The van der Waals surface area contributed by atoms with Gasteiger partial charge in [-0.3, -0.25) is 25.0 Å². The summed E-state index contributed by atoms with van der Waals surface area (Å²) in [5.41, 5.74) is -0.0242. The molecule has 0 spiro atoms. The van der Waals surface area contributed by atoms with E-state index in [1.807, 2.05) is 0 Å². The van der Waals surface area contributed by atoms with Gasteiger partial charge in [0.2, 0.25) is 5.91 Å². The fourth-order valence-electron chi connectivity index (χ4n) is 1.87. The van der Waals surface area contributed by atoms with Crippen LogP contribution in [0.5, 0.6) is 0 Å². The van der Waals surface area contributed by atoms with E-state index in [4.69, 9.17) is 11.6 Å². The molecule has 1 N–H and O–H groups in total. The van der Waals surface area contributed by atoms with E-state index in [0.29, 0.717) is 0 Å². The van der Waals surface area contributed by atoms with Gasteiger partial charge in [0.05, 0.1) is 15.4 Å². The second-order valence-electron chi connectivity index (χ2n) is 4.56. The summed E-state index contributed by atoms with van der Waals surface area (Å²) in [5, 5.41) is 24.1. The van der Waals surface area contributed by atoms with Crippen molar-refractivity contribution in [3.05, 3.63) is 79.4 Å². The lowest BCUT2D eigenvalue weighted by atomic mass is 10.1. The Labute approximate surface area is 140 Å². The molecule has 8 nitrogen and oxygen atoms in total. The summed E-state index contributed by atoms with van der Waals surface area (Å²) >= 11 is 5.68. The molecule has 0 radical (unpaired) electrons. The van der Waals surface area contributed by atoms with E-state index in [9.17, 15) is 25.0 Å². The summed E-state index contributed by atoms with van der Waals surface area (Å²) in [6, 6.07) is 9.76. The van der Waals surface area contributed by atoms with Crippen molar-refractivity contribution in [2.75, 3.05) is 5.32 Å². The van der Waals surface area contributed by atoms with Crippen molar-refractivity contribution >= 4 is 40.6 Å². The quantitative estimate of drug-likeness (QED) is 0.501. The first-order valence-electron chi connectivity index (χ1n) is 6.55. The Morgan fingerprint density at radius 1 is 1.04 bits per heavy atom. The van der Waals surface area contributed by atoms with E-state index in [-0.39, 0.29) is 27.6 Å². The Kier molecular flexibility index (Phi) is 5.23. The molecule has 0 saturated carbocycles. The van der Waals surface area contributed by atoms with Gasteiger partial charge < -0.3 is 5.32 Å². The standard InChI is InChI=1S/C15H10ClN3O5/c16-12-7-6-11(9-14(12)19(23)24)17-15(20)8-5-10-3-1-2-4-13(10)18(21)22/h1-9H,(H,17,20)/b8-5+. The SMILES string of the molecule is O=C(/C=C/c1ccccc1[N+](=O)[O-])Nc1ccc(Cl)c([N+](=O)[O-])c1. The molecule has 0 heterocycles. The second-order valence-corrected chi connectivity index (χ2v) is 4.97. The zero-order chi connectivity index (χ0) is 17.7. The van der Waals surface area contributed by atoms with Crippen LogP contribution >= 0.6 is 11.6 Å². The smallest absolute Gasteiger partial charge is 0.289 e. The molecule has 0 aliphatic rings. The van der Waals surface area contributed by atoms with Crippen LogP contribution in [0.25, 0.3) is 6.08 Å². The lowest BCUT2D eigenvalue weighted by molar-refractivity contribution is -0.385. The van der Waals surface area contributed by atoms with Gasteiger partial charge in [0.25, 0.3) is 11.4 Å². The van der Waals surface area contributed by atoms with Crippen molar-refractivity contribution in [1.29, 1.82) is 0 Å². The number of nitro groups is 2. The number of hydrogen-bond acceptors (Lipinski definition) is 5. The molecule has 2 aromatic rings. The Morgan fingerprint density at radius 2 is 1.71 bits per heavy atom. The van der Waals surface area contributed by atoms with E-state index in [0.717, 1.165) is 12.1 Å². The normalized spacial score (nSPS) is 10.5. The van der Waals surface area contributed by atoms with Crippen molar-refractivity contribution in [3.8, 4) is 0 Å². The zero-order valence-corrected chi connectivity index (χ0v) is 12.8. The largest absolute Gasteiger partial charge is 0.322 e. The van der Waals surface area contributed by atoms with E-state index in [2.05, 4.69) is 5.32 Å². The van der Waals surface area contributed by atoms with Gasteiger partial charge in [-0.15, -0.1) is 0 Å². The molecule has 2 rings (SSSR count). The second kappa shape index (κ2) is 7.34. The van der Waals surface area contributed by atoms with Crippen molar-refractivity contribution in [1.82, 2.24) is 0 Å². The summed E-state index contributed by atoms with van der Waals surface area (Å²) in [5.74, 6) is -0.593. The molecule has 0 unspecified atom stereocenters. The molecular formula is C15H10ClN3O5. The van der Waals surface area contributed by atoms with Crippen LogP contribution < -0.4 is 5.32 Å². The van der Waals surface area contributed by atoms with Gasteiger partial charge in [0, 0.05) is 23.9 Å². The number of hydrogen-bond donors (Lipinski definition) is 1. The maximum atomic E-state index is 11.9. The highest BCUT2D eigenvalue weighted by molar-refractivity contribution is 6.32. The van der Waals surface area contributed by atoms with Gasteiger partial charge in [-0.05, 0) is 24.3 Å². The van der Waals surface area contributed by atoms with E-state index in [1.54, 1.807) is 6.07 Å². The minimum atomic E-state index is -0.666. The lowest BCUT2D eigenvalue weighted by Crippen LogP contribution is -2.08. The van der Waals surface area contributed by atoms with Gasteiger partial charge in [-0.2, -0.15) is 0 Å². The number of benzene rings is 2. The number of carbonyl (C=O) groups excluding carboxylic acids is 1. The van der Waals surface area contributed by atoms with Crippen LogP contribution in [0, 0.1) is 20.2 Å². The number of carbonyl (C=O) groups is 1. The number of para-hydroxylation sites is 1. The minimum absolute atomic E-state index is 0.0477. The van der Waals surface area contributed by atoms with Crippen LogP contribution in [0.3, 0.4) is 0 Å². The van der Waals surface area contributed by atoms with Crippen molar-refractivity contribution in [2.24, 2.45) is 0 Å². The Hall–Kier alpha value is -3.26. The average Bonchev–Trinajstić information content (AvgIpc) is 2.54. The number of nitro benzene ring substituents is 2. The molecule has 0 bridgehead atoms. The van der Waals surface area contributed by atoms with Gasteiger partial charge in [0.1, 0.15) is 5.02 Å². The van der Waals surface area contributed by atoms with Crippen LogP contribution in [-0.2, 0) is 4.79 Å². The number of nitrogens with zero attached hydrogens (tertiary/aromatic N) is 2. The van der Waals surface area contributed by atoms with Crippen molar-refractivity contribution in [2.45, 2.75) is 0 Å². The molecule has 0 atom stereocenters. The third kappa shape index (κ3) is 4.14. The monoisotopic (exact) mass is 347 g/mol. The number of amides is 1.